The lowest BCUT2D eigenvalue weighted by Gasteiger charge is -2.13. The lowest BCUT2D eigenvalue weighted by Crippen LogP contribution is -2.23. The Morgan fingerprint density at radius 2 is 1.95 bits per heavy atom. The van der Waals surface area contributed by atoms with Gasteiger partial charge in [-0.15, -0.1) is 11.8 Å². The molecule has 21 heavy (non-hydrogen) atoms. The molecule has 2 aromatic rings. The second-order valence-corrected chi connectivity index (χ2v) is 6.10. The summed E-state index contributed by atoms with van der Waals surface area (Å²) in [7, 11) is 0. The molecule has 0 radical (unpaired) electrons. The summed E-state index contributed by atoms with van der Waals surface area (Å²) >= 11 is 1.37. The topological polar surface area (TPSA) is 29.1 Å². The number of benzene rings is 2. The van der Waals surface area contributed by atoms with Crippen LogP contribution in [0.25, 0.3) is 0 Å². The van der Waals surface area contributed by atoms with Gasteiger partial charge < -0.3 is 5.32 Å². The van der Waals surface area contributed by atoms with Gasteiger partial charge in [-0.3, -0.25) is 4.79 Å². The Kier molecular flexibility index (Phi) is 4.96. The molecule has 1 unspecified atom stereocenters. The predicted molar refractivity (Wildman–Crippen MR) is 81.5 cm³/mol. The molecule has 1 amide bonds. The molecule has 2 nitrogen and oxygen atoms in total. The van der Waals surface area contributed by atoms with Crippen molar-refractivity contribution in [2.75, 3.05) is 5.32 Å². The number of carbonyl (C=O) groups excluding carboxylic acids is 1. The van der Waals surface area contributed by atoms with E-state index in [0.29, 0.717) is 0 Å². The van der Waals surface area contributed by atoms with Crippen molar-refractivity contribution in [3.63, 3.8) is 0 Å². The third kappa shape index (κ3) is 4.29. The van der Waals surface area contributed by atoms with E-state index in [1.165, 1.54) is 11.8 Å². The van der Waals surface area contributed by atoms with Gasteiger partial charge in [-0.2, -0.15) is 0 Å². The molecular formula is C16H15F2NOS. The molecule has 110 valence electrons. The highest BCUT2D eigenvalue weighted by atomic mass is 32.2. The maximum absolute atomic E-state index is 13.5. The van der Waals surface area contributed by atoms with Crippen molar-refractivity contribution in [1.82, 2.24) is 0 Å². The van der Waals surface area contributed by atoms with Gasteiger partial charge in [-0.05, 0) is 38.1 Å². The van der Waals surface area contributed by atoms with Crippen molar-refractivity contribution in [1.29, 1.82) is 0 Å². The van der Waals surface area contributed by atoms with E-state index in [0.717, 1.165) is 28.7 Å². The van der Waals surface area contributed by atoms with Crippen LogP contribution in [0.4, 0.5) is 14.5 Å². The fourth-order valence-electron chi connectivity index (χ4n) is 1.77. The highest BCUT2D eigenvalue weighted by Crippen LogP contribution is 2.25. The summed E-state index contributed by atoms with van der Waals surface area (Å²) in [6, 6.07) is 10.7. The van der Waals surface area contributed by atoms with E-state index in [1.807, 2.05) is 31.2 Å². The Hall–Kier alpha value is -1.88. The second-order valence-electron chi connectivity index (χ2n) is 4.69. The third-order valence-electron chi connectivity index (χ3n) is 2.86. The van der Waals surface area contributed by atoms with Crippen LogP contribution in [-0.4, -0.2) is 11.2 Å². The number of thioether (sulfide) groups is 1. The van der Waals surface area contributed by atoms with Crippen molar-refractivity contribution >= 4 is 23.4 Å². The molecule has 0 fully saturated rings. The average Bonchev–Trinajstić information content (AvgIpc) is 2.43. The van der Waals surface area contributed by atoms with Crippen molar-refractivity contribution in [3.05, 3.63) is 59.7 Å². The minimum Gasteiger partial charge on any atom is -0.323 e. The molecule has 5 heteroatoms. The lowest BCUT2D eigenvalue weighted by molar-refractivity contribution is -0.115. The zero-order valence-corrected chi connectivity index (χ0v) is 12.5. The van der Waals surface area contributed by atoms with E-state index in [-0.39, 0.29) is 11.6 Å². The lowest BCUT2D eigenvalue weighted by atomic mass is 10.2. The minimum absolute atomic E-state index is 0.142. The summed E-state index contributed by atoms with van der Waals surface area (Å²) in [6.07, 6.45) is 0. The van der Waals surface area contributed by atoms with Gasteiger partial charge in [-0.1, -0.05) is 17.7 Å². The van der Waals surface area contributed by atoms with Crippen LogP contribution in [0.1, 0.15) is 12.5 Å². The van der Waals surface area contributed by atoms with E-state index < -0.39 is 16.9 Å². The van der Waals surface area contributed by atoms with Gasteiger partial charge in [0.1, 0.15) is 11.6 Å². The summed E-state index contributed by atoms with van der Waals surface area (Å²) in [5, 5.41) is 1.99. The molecule has 1 N–H and O–H groups in total. The fourth-order valence-corrected chi connectivity index (χ4v) is 2.76. The van der Waals surface area contributed by atoms with Crippen LogP contribution >= 0.6 is 11.8 Å². The Balaban J connectivity index is 2.04. The largest absolute Gasteiger partial charge is 0.323 e. The first kappa shape index (κ1) is 15.5. The summed E-state index contributed by atoms with van der Waals surface area (Å²) in [5.41, 5.74) is 0.959. The van der Waals surface area contributed by atoms with Crippen molar-refractivity contribution in [3.8, 4) is 0 Å². The molecule has 0 aliphatic heterocycles. The van der Waals surface area contributed by atoms with Gasteiger partial charge in [0.25, 0.3) is 0 Å². The number of hydrogen-bond donors (Lipinski definition) is 1. The zero-order chi connectivity index (χ0) is 15.4. The van der Waals surface area contributed by atoms with Gasteiger partial charge in [0, 0.05) is 11.0 Å². The standard InChI is InChI=1S/C16H15F2NOS/c1-10-4-3-5-13(8-10)21-11(2)16(20)19-15-9-12(17)6-7-14(15)18/h3-9,11H,1-2H3,(H,19,20). The highest BCUT2D eigenvalue weighted by Gasteiger charge is 2.16. The molecule has 2 rings (SSSR count). The highest BCUT2D eigenvalue weighted by molar-refractivity contribution is 8.00. The number of hydrogen-bond acceptors (Lipinski definition) is 2. The van der Waals surface area contributed by atoms with Gasteiger partial charge in [0.15, 0.2) is 0 Å². The molecule has 0 aliphatic carbocycles. The first-order valence-corrected chi connectivity index (χ1v) is 7.33. The van der Waals surface area contributed by atoms with Crippen LogP contribution in [0.3, 0.4) is 0 Å². The molecule has 2 aromatic carbocycles. The Labute approximate surface area is 126 Å². The maximum atomic E-state index is 13.5. The van der Waals surface area contributed by atoms with Gasteiger partial charge in [-0.25, -0.2) is 8.78 Å². The number of aryl methyl sites for hydroxylation is 1. The molecule has 1 atom stereocenters. The average molecular weight is 307 g/mol. The van der Waals surface area contributed by atoms with Crippen LogP contribution in [0.15, 0.2) is 47.4 Å². The number of carbonyl (C=O) groups is 1. The molecule has 0 heterocycles. The maximum Gasteiger partial charge on any atom is 0.237 e. The monoisotopic (exact) mass is 307 g/mol. The van der Waals surface area contributed by atoms with Gasteiger partial charge >= 0.3 is 0 Å². The molecule has 0 aromatic heterocycles. The predicted octanol–water partition coefficient (Wildman–Crippen LogP) is 4.39. The summed E-state index contributed by atoms with van der Waals surface area (Å²) in [5.74, 6) is -1.62. The smallest absolute Gasteiger partial charge is 0.237 e. The van der Waals surface area contributed by atoms with Crippen LogP contribution in [-0.2, 0) is 4.79 Å². The number of amides is 1. The first-order chi connectivity index (χ1) is 9.95. The summed E-state index contributed by atoms with van der Waals surface area (Å²) in [4.78, 5) is 13.0. The quantitative estimate of drug-likeness (QED) is 0.849. The Morgan fingerprint density at radius 1 is 1.19 bits per heavy atom. The van der Waals surface area contributed by atoms with E-state index in [2.05, 4.69) is 5.32 Å². The van der Waals surface area contributed by atoms with E-state index in [9.17, 15) is 13.6 Å². The van der Waals surface area contributed by atoms with E-state index >= 15 is 0 Å². The molecule has 0 saturated heterocycles. The zero-order valence-electron chi connectivity index (χ0n) is 11.7. The molecule has 0 saturated carbocycles. The molecule has 0 bridgehead atoms. The SMILES string of the molecule is Cc1cccc(SC(C)C(=O)Nc2cc(F)ccc2F)c1. The second kappa shape index (κ2) is 6.72. The molecular weight excluding hydrogens is 292 g/mol. The summed E-state index contributed by atoms with van der Waals surface area (Å²) < 4.78 is 26.6. The Bertz CT molecular complexity index is 660. The van der Waals surface area contributed by atoms with Crippen LogP contribution in [0, 0.1) is 18.6 Å². The van der Waals surface area contributed by atoms with Crippen LogP contribution < -0.4 is 5.32 Å². The summed E-state index contributed by atoms with van der Waals surface area (Å²) in [6.45, 7) is 3.69. The number of rotatable bonds is 4. The van der Waals surface area contributed by atoms with Gasteiger partial charge in [0.2, 0.25) is 5.91 Å². The molecule has 0 aliphatic rings. The fraction of sp³-hybridized carbons (Fsp3) is 0.188. The van der Waals surface area contributed by atoms with Crippen LogP contribution in [0.5, 0.6) is 0 Å². The number of nitrogens with one attached hydrogen (secondary N) is 1. The molecule has 0 spiro atoms. The normalized spacial score (nSPS) is 12.0. The van der Waals surface area contributed by atoms with Crippen LogP contribution in [0.2, 0.25) is 0 Å². The van der Waals surface area contributed by atoms with E-state index in [1.54, 1.807) is 6.92 Å². The Morgan fingerprint density at radius 3 is 2.67 bits per heavy atom. The third-order valence-corrected chi connectivity index (χ3v) is 3.95. The first-order valence-electron chi connectivity index (χ1n) is 6.45. The number of anilines is 1. The van der Waals surface area contributed by atoms with Gasteiger partial charge in [0.05, 0.1) is 10.9 Å². The number of halogens is 2. The minimum atomic E-state index is -0.655. The van der Waals surface area contributed by atoms with E-state index in [4.69, 9.17) is 0 Å². The van der Waals surface area contributed by atoms with Crippen molar-refractivity contribution in [2.45, 2.75) is 24.0 Å². The van der Waals surface area contributed by atoms with Crippen molar-refractivity contribution < 1.29 is 13.6 Å². The van der Waals surface area contributed by atoms with Crippen molar-refractivity contribution in [2.24, 2.45) is 0 Å².